The number of hydrogen-bond acceptors (Lipinski definition) is 5. The van der Waals surface area contributed by atoms with Gasteiger partial charge in [-0.3, -0.25) is 13.9 Å². The molecule has 0 aromatic carbocycles. The molecular weight excluding hydrogens is 307 g/mol. The normalized spacial score (nSPS) is 29.0. The molecule has 0 saturated carbocycles. The average Bonchev–Trinajstić information content (AvgIpc) is 2.70. The Hall–Kier alpha value is -1.14. The summed E-state index contributed by atoms with van der Waals surface area (Å²) in [6.07, 6.45) is 2.94. The summed E-state index contributed by atoms with van der Waals surface area (Å²) in [5, 5.41) is 20.3. The molecule has 8 heteroatoms. The molecule has 1 fully saturated rings. The molecule has 1 aromatic rings. The molecule has 0 spiro atoms. The molecule has 1 aliphatic heterocycles. The van der Waals surface area contributed by atoms with Crippen molar-refractivity contribution < 1.29 is 14.9 Å². The molecule has 0 amide bonds. The minimum absolute atomic E-state index is 0.436. The van der Waals surface area contributed by atoms with E-state index >= 15 is 0 Å². The van der Waals surface area contributed by atoms with Crippen molar-refractivity contribution in [3.05, 3.63) is 33.1 Å². The Labute approximate surface area is 128 Å². The molecule has 1 saturated heterocycles. The lowest BCUT2D eigenvalue weighted by atomic mass is 10.1. The second kappa shape index (κ2) is 6.16. The summed E-state index contributed by atoms with van der Waals surface area (Å²) < 4.78 is 7.75. The maximum absolute atomic E-state index is 12.1. The molecule has 124 valence electrons. The summed E-state index contributed by atoms with van der Waals surface area (Å²) in [7, 11) is 1.35. The Balaban J connectivity index is 2.24. The van der Waals surface area contributed by atoms with Crippen LogP contribution in [0.4, 0.5) is 0 Å². The van der Waals surface area contributed by atoms with Gasteiger partial charge in [-0.05, 0) is 25.9 Å². The van der Waals surface area contributed by atoms with E-state index in [-0.39, 0.29) is 0 Å². The Bertz CT molecular complexity index is 704. The standard InChI is InChI=1S/C14H23N2O5P/c1-15-10(17)5-7-16(14(15)20)13-12(19)11(18)9(21-13)6-8-22(2,3)4/h5,7,9,11-13,18-19H,2,6,8H2,1,3-4H3/t9-,11-,12-,13?/m1/s1. The number of rotatable bonds is 4. The zero-order valence-corrected chi connectivity index (χ0v) is 13.9. The van der Waals surface area contributed by atoms with Gasteiger partial charge in [-0.1, -0.05) is 0 Å². The van der Waals surface area contributed by atoms with Gasteiger partial charge >= 0.3 is 5.69 Å². The van der Waals surface area contributed by atoms with Gasteiger partial charge in [0.25, 0.3) is 5.56 Å². The SMILES string of the molecule is C=P(C)(C)CC[C@H]1OC(n2ccc(=O)n(C)c2=O)[C@H](O)[C@@H]1O. The minimum atomic E-state index is -1.27. The van der Waals surface area contributed by atoms with Crippen molar-refractivity contribution in [1.82, 2.24) is 9.13 Å². The van der Waals surface area contributed by atoms with Gasteiger partial charge in [-0.2, -0.15) is 0 Å². The van der Waals surface area contributed by atoms with Crippen molar-refractivity contribution in [3.63, 3.8) is 0 Å². The van der Waals surface area contributed by atoms with E-state index in [1.807, 2.05) is 0 Å². The van der Waals surface area contributed by atoms with Gasteiger partial charge in [-0.15, -0.1) is 13.2 Å². The van der Waals surface area contributed by atoms with Gasteiger partial charge < -0.3 is 14.9 Å². The van der Waals surface area contributed by atoms with Crippen molar-refractivity contribution in [2.75, 3.05) is 19.5 Å². The molecule has 0 radical (unpaired) electrons. The quantitative estimate of drug-likeness (QED) is 0.710. The average molecular weight is 330 g/mol. The van der Waals surface area contributed by atoms with Crippen LogP contribution in [0.2, 0.25) is 0 Å². The topological polar surface area (TPSA) is 93.7 Å². The van der Waals surface area contributed by atoms with E-state index in [0.29, 0.717) is 6.42 Å². The fourth-order valence-corrected chi connectivity index (χ4v) is 3.41. The summed E-state index contributed by atoms with van der Waals surface area (Å²) >= 11 is 0. The monoisotopic (exact) mass is 330 g/mol. The second-order valence-corrected chi connectivity index (χ2v) is 10.7. The molecule has 22 heavy (non-hydrogen) atoms. The van der Waals surface area contributed by atoms with E-state index in [2.05, 4.69) is 19.6 Å². The maximum Gasteiger partial charge on any atom is 0.332 e. The molecule has 2 N–H and O–H groups in total. The number of aliphatic hydroxyl groups excluding tert-OH is 2. The van der Waals surface area contributed by atoms with E-state index in [4.69, 9.17) is 4.74 Å². The third-order valence-corrected chi connectivity index (χ3v) is 5.32. The summed E-state index contributed by atoms with van der Waals surface area (Å²) in [5.74, 6) is 0. The third-order valence-electron chi connectivity index (χ3n) is 3.85. The maximum atomic E-state index is 12.1. The van der Waals surface area contributed by atoms with Gasteiger partial charge in [0.2, 0.25) is 0 Å². The molecule has 2 heterocycles. The smallest absolute Gasteiger partial charge is 0.332 e. The van der Waals surface area contributed by atoms with E-state index in [1.165, 1.54) is 19.3 Å². The van der Waals surface area contributed by atoms with E-state index in [0.717, 1.165) is 15.3 Å². The molecule has 1 unspecified atom stereocenters. The first-order valence-electron chi connectivity index (χ1n) is 7.09. The van der Waals surface area contributed by atoms with Crippen molar-refractivity contribution in [1.29, 1.82) is 0 Å². The Morgan fingerprint density at radius 2 is 1.95 bits per heavy atom. The Morgan fingerprint density at radius 1 is 1.32 bits per heavy atom. The predicted molar refractivity (Wildman–Crippen MR) is 87.2 cm³/mol. The lowest BCUT2D eigenvalue weighted by molar-refractivity contribution is -0.0408. The summed E-state index contributed by atoms with van der Waals surface area (Å²) in [5.41, 5.74) is -1.02. The van der Waals surface area contributed by atoms with Crippen LogP contribution in [0, 0.1) is 0 Å². The molecule has 0 bridgehead atoms. The second-order valence-electron chi connectivity index (χ2n) is 6.40. The van der Waals surface area contributed by atoms with Crippen LogP contribution in [0.15, 0.2) is 21.9 Å². The Morgan fingerprint density at radius 3 is 2.55 bits per heavy atom. The number of ether oxygens (including phenoxy) is 1. The fraction of sp³-hybridized carbons (Fsp3) is 0.643. The molecule has 7 nitrogen and oxygen atoms in total. The van der Waals surface area contributed by atoms with Gasteiger partial charge in [0.1, 0.15) is 12.2 Å². The van der Waals surface area contributed by atoms with Gasteiger partial charge in [0.05, 0.1) is 6.10 Å². The van der Waals surface area contributed by atoms with Crippen molar-refractivity contribution in [2.45, 2.75) is 31.0 Å². The van der Waals surface area contributed by atoms with Crippen molar-refractivity contribution in [2.24, 2.45) is 7.05 Å². The van der Waals surface area contributed by atoms with E-state index in [1.54, 1.807) is 0 Å². The first-order valence-corrected chi connectivity index (χ1v) is 10.1. The minimum Gasteiger partial charge on any atom is -0.388 e. The zero-order valence-electron chi connectivity index (χ0n) is 13.0. The van der Waals surface area contributed by atoms with Gasteiger partial charge in [-0.25, -0.2) is 4.79 Å². The highest BCUT2D eigenvalue weighted by atomic mass is 31.2. The molecular formula is C14H23N2O5P. The molecule has 1 aliphatic rings. The highest BCUT2D eigenvalue weighted by Crippen LogP contribution is 2.39. The molecule has 2 rings (SSSR count). The van der Waals surface area contributed by atoms with E-state index < -0.39 is 42.7 Å². The highest BCUT2D eigenvalue weighted by molar-refractivity contribution is 7.72. The summed E-state index contributed by atoms with van der Waals surface area (Å²) in [6, 6.07) is 1.22. The lowest BCUT2D eigenvalue weighted by Gasteiger charge is -2.19. The van der Waals surface area contributed by atoms with Crippen LogP contribution in [-0.4, -0.2) is 63.5 Å². The summed E-state index contributed by atoms with van der Waals surface area (Å²) in [4.78, 5) is 23.5. The summed E-state index contributed by atoms with van der Waals surface area (Å²) in [6.45, 7) is 2.90. The van der Waals surface area contributed by atoms with Crippen molar-refractivity contribution >= 4 is 13.2 Å². The number of aliphatic hydroxyl groups is 2. The number of aromatic nitrogens is 2. The first-order chi connectivity index (χ1) is 10.1. The molecule has 0 aliphatic carbocycles. The van der Waals surface area contributed by atoms with Crippen LogP contribution < -0.4 is 11.2 Å². The first kappa shape index (κ1) is 17.2. The predicted octanol–water partition coefficient (Wildman–Crippen LogP) is -0.734. The van der Waals surface area contributed by atoms with Crippen LogP contribution in [-0.2, 0) is 11.8 Å². The number of nitrogens with zero attached hydrogens (tertiary/aromatic N) is 2. The van der Waals surface area contributed by atoms with Gasteiger partial charge in [0, 0.05) is 19.3 Å². The van der Waals surface area contributed by atoms with Crippen molar-refractivity contribution in [3.8, 4) is 0 Å². The van der Waals surface area contributed by atoms with Crippen LogP contribution in [0.3, 0.4) is 0 Å². The molecule has 4 atom stereocenters. The fourth-order valence-electron chi connectivity index (χ4n) is 2.46. The third kappa shape index (κ3) is 3.43. The zero-order chi connectivity index (χ0) is 16.7. The lowest BCUT2D eigenvalue weighted by Crippen LogP contribution is -2.41. The largest absolute Gasteiger partial charge is 0.388 e. The Kier molecular flexibility index (Phi) is 4.82. The highest BCUT2D eigenvalue weighted by Gasteiger charge is 2.43. The van der Waals surface area contributed by atoms with Gasteiger partial charge in [0.15, 0.2) is 6.23 Å². The van der Waals surface area contributed by atoms with Crippen LogP contribution in [0.25, 0.3) is 0 Å². The molecule has 1 aromatic heterocycles. The van der Waals surface area contributed by atoms with E-state index in [9.17, 15) is 19.8 Å². The van der Waals surface area contributed by atoms with Crippen LogP contribution in [0.5, 0.6) is 0 Å². The van der Waals surface area contributed by atoms with Crippen LogP contribution >= 0.6 is 6.89 Å². The number of hydrogen-bond donors (Lipinski definition) is 2. The van der Waals surface area contributed by atoms with Crippen LogP contribution in [0.1, 0.15) is 12.6 Å².